The number of hydrogen-bond donors (Lipinski definition) is 2. The van der Waals surface area contributed by atoms with Crippen molar-refractivity contribution >= 4 is 0 Å². The fraction of sp³-hybridized carbons (Fsp3) is 0.625. The molecule has 1 saturated heterocycles. The molecule has 0 spiro atoms. The fourth-order valence-electron chi connectivity index (χ4n) is 2.57. The van der Waals surface area contributed by atoms with Crippen molar-refractivity contribution in [3.63, 3.8) is 0 Å². The first kappa shape index (κ1) is 13.6. The van der Waals surface area contributed by atoms with Crippen molar-refractivity contribution in [2.24, 2.45) is 11.8 Å². The minimum Gasteiger partial charge on any atom is -0.316 e. The average Bonchev–Trinajstić information content (AvgIpc) is 2.84. The van der Waals surface area contributed by atoms with Gasteiger partial charge in [0, 0.05) is 6.54 Å². The number of nitrogens with one attached hydrogen (secondary N) is 2. The summed E-state index contributed by atoms with van der Waals surface area (Å²) in [6.07, 6.45) is 2.50. The van der Waals surface area contributed by atoms with Crippen LogP contribution in [0.2, 0.25) is 0 Å². The van der Waals surface area contributed by atoms with E-state index < -0.39 is 0 Å². The average molecular weight is 246 g/mol. The van der Waals surface area contributed by atoms with Crippen LogP contribution in [0.3, 0.4) is 0 Å². The summed E-state index contributed by atoms with van der Waals surface area (Å²) in [5.74, 6) is 1.56. The SMILES string of the molecule is CC(C)Cc1ccc(CNCC2CCNC2)cc1. The molecular formula is C16H26N2. The van der Waals surface area contributed by atoms with Crippen molar-refractivity contribution < 1.29 is 0 Å². The van der Waals surface area contributed by atoms with Gasteiger partial charge in [0.05, 0.1) is 0 Å². The van der Waals surface area contributed by atoms with E-state index >= 15 is 0 Å². The predicted octanol–water partition coefficient (Wildman–Crippen LogP) is 2.58. The van der Waals surface area contributed by atoms with Gasteiger partial charge in [0.1, 0.15) is 0 Å². The van der Waals surface area contributed by atoms with E-state index in [1.165, 1.54) is 37.1 Å². The van der Waals surface area contributed by atoms with Gasteiger partial charge in [-0.05, 0) is 55.4 Å². The van der Waals surface area contributed by atoms with Crippen molar-refractivity contribution in [3.8, 4) is 0 Å². The quantitative estimate of drug-likeness (QED) is 0.806. The highest BCUT2D eigenvalue weighted by molar-refractivity contribution is 5.22. The summed E-state index contributed by atoms with van der Waals surface area (Å²) in [6.45, 7) is 9.05. The van der Waals surface area contributed by atoms with E-state index in [1.54, 1.807) is 0 Å². The lowest BCUT2D eigenvalue weighted by atomic mass is 10.0. The van der Waals surface area contributed by atoms with Gasteiger partial charge in [0.2, 0.25) is 0 Å². The topological polar surface area (TPSA) is 24.1 Å². The highest BCUT2D eigenvalue weighted by Crippen LogP contribution is 2.10. The van der Waals surface area contributed by atoms with Gasteiger partial charge in [-0.15, -0.1) is 0 Å². The molecule has 1 unspecified atom stereocenters. The molecule has 0 aromatic heterocycles. The van der Waals surface area contributed by atoms with Crippen LogP contribution in [0.15, 0.2) is 24.3 Å². The van der Waals surface area contributed by atoms with E-state index in [2.05, 4.69) is 48.7 Å². The first-order valence-corrected chi connectivity index (χ1v) is 7.23. The molecule has 0 aliphatic carbocycles. The summed E-state index contributed by atoms with van der Waals surface area (Å²) in [7, 11) is 0. The molecule has 1 aliphatic heterocycles. The summed E-state index contributed by atoms with van der Waals surface area (Å²) in [4.78, 5) is 0. The summed E-state index contributed by atoms with van der Waals surface area (Å²) in [6, 6.07) is 9.07. The molecule has 100 valence electrons. The maximum atomic E-state index is 3.56. The van der Waals surface area contributed by atoms with Gasteiger partial charge in [-0.2, -0.15) is 0 Å². The summed E-state index contributed by atoms with van der Waals surface area (Å²) in [5, 5.41) is 6.97. The van der Waals surface area contributed by atoms with Crippen molar-refractivity contribution in [3.05, 3.63) is 35.4 Å². The van der Waals surface area contributed by atoms with Gasteiger partial charge in [0.25, 0.3) is 0 Å². The Morgan fingerprint density at radius 2 is 1.94 bits per heavy atom. The molecule has 1 aromatic rings. The van der Waals surface area contributed by atoms with Crippen LogP contribution in [0.5, 0.6) is 0 Å². The standard InChI is InChI=1S/C16H26N2/c1-13(2)9-14-3-5-15(6-4-14)10-18-12-16-7-8-17-11-16/h3-6,13,16-18H,7-12H2,1-2H3. The molecular weight excluding hydrogens is 220 g/mol. The second-order valence-electron chi connectivity index (χ2n) is 5.90. The van der Waals surface area contributed by atoms with Crippen molar-refractivity contribution in [2.45, 2.75) is 33.2 Å². The van der Waals surface area contributed by atoms with E-state index in [9.17, 15) is 0 Å². The lowest BCUT2D eigenvalue weighted by molar-refractivity contribution is 0.512. The third-order valence-corrected chi connectivity index (χ3v) is 3.59. The highest BCUT2D eigenvalue weighted by Gasteiger charge is 2.13. The zero-order chi connectivity index (χ0) is 12.8. The smallest absolute Gasteiger partial charge is 0.0205 e. The number of hydrogen-bond acceptors (Lipinski definition) is 2. The lowest BCUT2D eigenvalue weighted by Gasteiger charge is -2.10. The second kappa shape index (κ2) is 6.91. The molecule has 1 atom stereocenters. The normalized spacial score (nSPS) is 19.6. The molecule has 2 rings (SSSR count). The number of rotatable bonds is 6. The molecule has 2 heteroatoms. The molecule has 0 saturated carbocycles. The number of benzene rings is 1. The van der Waals surface area contributed by atoms with Crippen LogP contribution < -0.4 is 10.6 Å². The molecule has 2 nitrogen and oxygen atoms in total. The van der Waals surface area contributed by atoms with Crippen LogP contribution in [0, 0.1) is 11.8 Å². The molecule has 2 N–H and O–H groups in total. The van der Waals surface area contributed by atoms with Crippen LogP contribution in [0.4, 0.5) is 0 Å². The van der Waals surface area contributed by atoms with Crippen LogP contribution in [0.1, 0.15) is 31.4 Å². The van der Waals surface area contributed by atoms with Crippen LogP contribution >= 0.6 is 0 Å². The highest BCUT2D eigenvalue weighted by atomic mass is 14.9. The van der Waals surface area contributed by atoms with Gasteiger partial charge >= 0.3 is 0 Å². The monoisotopic (exact) mass is 246 g/mol. The van der Waals surface area contributed by atoms with E-state index in [0.717, 1.165) is 24.9 Å². The molecule has 1 aliphatic rings. The summed E-state index contributed by atoms with van der Waals surface area (Å²) >= 11 is 0. The van der Waals surface area contributed by atoms with Crippen molar-refractivity contribution in [1.29, 1.82) is 0 Å². The van der Waals surface area contributed by atoms with Crippen LogP contribution in [-0.4, -0.2) is 19.6 Å². The lowest BCUT2D eigenvalue weighted by Crippen LogP contribution is -2.24. The summed E-state index contributed by atoms with van der Waals surface area (Å²) < 4.78 is 0. The Kier molecular flexibility index (Phi) is 5.21. The molecule has 1 heterocycles. The summed E-state index contributed by atoms with van der Waals surface area (Å²) in [5.41, 5.74) is 2.85. The zero-order valence-electron chi connectivity index (χ0n) is 11.7. The Labute approximate surface area is 111 Å². The molecule has 0 bridgehead atoms. The first-order chi connectivity index (χ1) is 8.74. The van der Waals surface area contributed by atoms with Gasteiger partial charge in [0.15, 0.2) is 0 Å². The zero-order valence-corrected chi connectivity index (χ0v) is 11.7. The Morgan fingerprint density at radius 3 is 2.56 bits per heavy atom. The molecule has 1 fully saturated rings. The largest absolute Gasteiger partial charge is 0.316 e. The molecule has 1 aromatic carbocycles. The first-order valence-electron chi connectivity index (χ1n) is 7.23. The van der Waals surface area contributed by atoms with E-state index in [4.69, 9.17) is 0 Å². The Morgan fingerprint density at radius 1 is 1.22 bits per heavy atom. The molecule has 0 radical (unpaired) electrons. The van der Waals surface area contributed by atoms with E-state index in [0.29, 0.717) is 0 Å². The van der Waals surface area contributed by atoms with Crippen molar-refractivity contribution in [2.75, 3.05) is 19.6 Å². The maximum Gasteiger partial charge on any atom is 0.0205 e. The van der Waals surface area contributed by atoms with Crippen LogP contribution in [0.25, 0.3) is 0 Å². The maximum absolute atomic E-state index is 3.56. The van der Waals surface area contributed by atoms with Gasteiger partial charge in [-0.25, -0.2) is 0 Å². The third-order valence-electron chi connectivity index (χ3n) is 3.59. The Hall–Kier alpha value is -0.860. The third kappa shape index (κ3) is 4.43. The fourth-order valence-corrected chi connectivity index (χ4v) is 2.57. The second-order valence-corrected chi connectivity index (χ2v) is 5.90. The molecule has 18 heavy (non-hydrogen) atoms. The van der Waals surface area contributed by atoms with Gasteiger partial charge in [-0.1, -0.05) is 38.1 Å². The predicted molar refractivity (Wildman–Crippen MR) is 77.7 cm³/mol. The van der Waals surface area contributed by atoms with Crippen molar-refractivity contribution in [1.82, 2.24) is 10.6 Å². The molecule has 0 amide bonds. The minimum atomic E-state index is 0.740. The van der Waals surface area contributed by atoms with E-state index in [1.807, 2.05) is 0 Å². The van der Waals surface area contributed by atoms with Gasteiger partial charge in [-0.3, -0.25) is 0 Å². The van der Waals surface area contributed by atoms with Crippen LogP contribution in [-0.2, 0) is 13.0 Å². The van der Waals surface area contributed by atoms with E-state index in [-0.39, 0.29) is 0 Å². The van der Waals surface area contributed by atoms with Gasteiger partial charge < -0.3 is 10.6 Å². The Balaban J connectivity index is 1.72. The Bertz CT molecular complexity index is 337. The minimum absolute atomic E-state index is 0.740.